The fraction of sp³-hybridized carbons (Fsp3) is 0.128. The molecule has 244 valence electrons. The van der Waals surface area contributed by atoms with Crippen LogP contribution < -0.4 is 0 Å². The van der Waals surface area contributed by atoms with Crippen LogP contribution in [0.5, 0.6) is 0 Å². The normalized spacial score (nSPS) is 16.5. The van der Waals surface area contributed by atoms with Crippen molar-refractivity contribution in [3.05, 3.63) is 179 Å². The Kier molecular flexibility index (Phi) is 7.19. The first-order chi connectivity index (χ1) is 25.3. The van der Waals surface area contributed by atoms with Crippen LogP contribution in [0.2, 0.25) is 0 Å². The lowest BCUT2D eigenvalue weighted by Crippen LogP contribution is -2.13. The number of furan rings is 1. The molecule has 0 aliphatic heterocycles. The SMILES string of the molecule is C1=CC(c2nc(C3=CCC(c4cc5ccccc5c5c4C=CCC5)c4oc5ccccc5c43)nc(-c3ccc(-c4ccccc4)cc3)n2)=CCC1. The van der Waals surface area contributed by atoms with Crippen molar-refractivity contribution >= 4 is 39.0 Å². The van der Waals surface area contributed by atoms with Crippen molar-refractivity contribution in [2.45, 2.75) is 38.0 Å². The van der Waals surface area contributed by atoms with Crippen LogP contribution in [0.3, 0.4) is 0 Å². The van der Waals surface area contributed by atoms with Crippen LogP contribution in [0.25, 0.3) is 61.5 Å². The lowest BCUT2D eigenvalue weighted by molar-refractivity contribution is 0.515. The predicted octanol–water partition coefficient (Wildman–Crippen LogP) is 11.8. The average molecular weight is 658 g/mol. The van der Waals surface area contributed by atoms with E-state index >= 15 is 0 Å². The van der Waals surface area contributed by atoms with Gasteiger partial charge in [0.15, 0.2) is 17.5 Å². The summed E-state index contributed by atoms with van der Waals surface area (Å²) in [6.07, 6.45) is 18.5. The summed E-state index contributed by atoms with van der Waals surface area (Å²) in [6, 6.07) is 38.6. The molecule has 0 saturated carbocycles. The van der Waals surface area contributed by atoms with Gasteiger partial charge in [-0.2, -0.15) is 0 Å². The summed E-state index contributed by atoms with van der Waals surface area (Å²) < 4.78 is 6.87. The standard InChI is InChI=1S/C47H35N3O/c1-3-13-30(14-4-1)31-23-25-33(26-24-31)46-48-45(32-15-5-2-6-16-32)49-47(50-46)40-28-27-38(44-43(40)39-21-11-12-22-42(39)51-44)41-29-34-17-7-8-18-35(34)36-19-9-10-20-37(36)41/h1,3-5,7-8,10-18,20-26,28-29,38H,2,6,9,19,27H2. The Labute approximate surface area is 297 Å². The van der Waals surface area contributed by atoms with Gasteiger partial charge in [-0.1, -0.05) is 134 Å². The van der Waals surface area contributed by atoms with Gasteiger partial charge in [0.05, 0.1) is 0 Å². The van der Waals surface area contributed by atoms with E-state index < -0.39 is 0 Å². The first kappa shape index (κ1) is 29.8. The van der Waals surface area contributed by atoms with Crippen molar-refractivity contribution in [2.75, 3.05) is 0 Å². The van der Waals surface area contributed by atoms with Crippen LogP contribution >= 0.6 is 0 Å². The molecule has 4 nitrogen and oxygen atoms in total. The van der Waals surface area contributed by atoms with Gasteiger partial charge in [0.1, 0.15) is 11.3 Å². The van der Waals surface area contributed by atoms with E-state index in [1.165, 1.54) is 33.0 Å². The fourth-order valence-corrected chi connectivity index (χ4v) is 8.13. The van der Waals surface area contributed by atoms with E-state index in [0.717, 1.165) is 76.7 Å². The van der Waals surface area contributed by atoms with E-state index in [1.807, 2.05) is 6.07 Å². The number of aryl methyl sites for hydroxylation is 1. The van der Waals surface area contributed by atoms with E-state index in [9.17, 15) is 0 Å². The monoisotopic (exact) mass is 657 g/mol. The highest BCUT2D eigenvalue weighted by Gasteiger charge is 2.33. The van der Waals surface area contributed by atoms with Crippen LogP contribution in [-0.4, -0.2) is 15.0 Å². The number of benzene rings is 5. The van der Waals surface area contributed by atoms with Crippen LogP contribution in [0.1, 0.15) is 71.3 Å². The molecule has 0 saturated heterocycles. The quantitative estimate of drug-likeness (QED) is 0.185. The van der Waals surface area contributed by atoms with Crippen molar-refractivity contribution in [1.29, 1.82) is 0 Å². The lowest BCUT2D eigenvalue weighted by Gasteiger charge is -2.26. The average Bonchev–Trinajstić information content (AvgIpc) is 3.61. The molecule has 1 unspecified atom stereocenters. The van der Waals surface area contributed by atoms with E-state index in [1.54, 1.807) is 0 Å². The van der Waals surface area contributed by atoms with Gasteiger partial charge in [0.25, 0.3) is 0 Å². The number of para-hydroxylation sites is 1. The Bertz CT molecular complexity index is 2600. The number of allylic oxidation sites excluding steroid dienone is 6. The summed E-state index contributed by atoms with van der Waals surface area (Å²) in [6.45, 7) is 0. The molecule has 0 N–H and O–H groups in total. The van der Waals surface area contributed by atoms with Gasteiger partial charge in [-0.3, -0.25) is 0 Å². The summed E-state index contributed by atoms with van der Waals surface area (Å²) in [5, 5.41) is 3.72. The third kappa shape index (κ3) is 5.18. The van der Waals surface area contributed by atoms with Gasteiger partial charge in [-0.15, -0.1) is 0 Å². The largest absolute Gasteiger partial charge is 0.460 e. The predicted molar refractivity (Wildman–Crippen MR) is 208 cm³/mol. The molecular formula is C47H35N3O. The van der Waals surface area contributed by atoms with E-state index in [0.29, 0.717) is 17.5 Å². The number of fused-ring (bicyclic) bond motifs is 6. The lowest BCUT2D eigenvalue weighted by atomic mass is 9.77. The Morgan fingerprint density at radius 1 is 0.588 bits per heavy atom. The molecule has 3 aliphatic carbocycles. The molecule has 2 heterocycles. The zero-order chi connectivity index (χ0) is 33.7. The van der Waals surface area contributed by atoms with E-state index in [2.05, 4.69) is 140 Å². The Morgan fingerprint density at radius 3 is 2.18 bits per heavy atom. The highest BCUT2D eigenvalue weighted by molar-refractivity contribution is 5.98. The molecule has 4 heteroatoms. The second-order valence-electron chi connectivity index (χ2n) is 13.7. The molecule has 2 aromatic heterocycles. The molecule has 1 atom stereocenters. The molecule has 51 heavy (non-hydrogen) atoms. The van der Waals surface area contributed by atoms with Gasteiger partial charge < -0.3 is 4.42 Å². The van der Waals surface area contributed by atoms with Gasteiger partial charge >= 0.3 is 0 Å². The molecule has 0 amide bonds. The second kappa shape index (κ2) is 12.3. The van der Waals surface area contributed by atoms with Crippen molar-refractivity contribution < 1.29 is 4.42 Å². The van der Waals surface area contributed by atoms with Gasteiger partial charge in [-0.05, 0) is 82.8 Å². The highest BCUT2D eigenvalue weighted by atomic mass is 16.3. The minimum Gasteiger partial charge on any atom is -0.460 e. The smallest absolute Gasteiger partial charge is 0.164 e. The first-order valence-corrected chi connectivity index (χ1v) is 18.0. The molecule has 10 rings (SSSR count). The molecule has 0 bridgehead atoms. The molecular weight excluding hydrogens is 623 g/mol. The summed E-state index contributed by atoms with van der Waals surface area (Å²) in [4.78, 5) is 15.5. The number of rotatable bonds is 5. The third-order valence-electron chi connectivity index (χ3n) is 10.6. The maximum absolute atomic E-state index is 6.87. The molecule has 0 fully saturated rings. The Balaban J connectivity index is 1.14. The minimum atomic E-state index is 0.0625. The van der Waals surface area contributed by atoms with Crippen molar-refractivity contribution in [3.63, 3.8) is 0 Å². The van der Waals surface area contributed by atoms with Crippen molar-refractivity contribution in [3.8, 4) is 22.5 Å². The summed E-state index contributed by atoms with van der Waals surface area (Å²) in [7, 11) is 0. The zero-order valence-corrected chi connectivity index (χ0v) is 28.2. The number of nitrogens with zero attached hydrogens (tertiary/aromatic N) is 3. The number of hydrogen-bond donors (Lipinski definition) is 0. The molecule has 7 aromatic rings. The topological polar surface area (TPSA) is 51.8 Å². The van der Waals surface area contributed by atoms with Crippen molar-refractivity contribution in [2.24, 2.45) is 0 Å². The highest BCUT2D eigenvalue weighted by Crippen LogP contribution is 2.48. The molecule has 3 aliphatic rings. The third-order valence-corrected chi connectivity index (χ3v) is 10.6. The molecule has 0 spiro atoms. The van der Waals surface area contributed by atoms with Gasteiger partial charge in [-0.25, -0.2) is 15.0 Å². The second-order valence-corrected chi connectivity index (χ2v) is 13.7. The molecule has 0 radical (unpaired) electrons. The maximum Gasteiger partial charge on any atom is 0.164 e. The van der Waals surface area contributed by atoms with Gasteiger partial charge in [0.2, 0.25) is 0 Å². The van der Waals surface area contributed by atoms with Crippen molar-refractivity contribution in [1.82, 2.24) is 15.0 Å². The Hall–Kier alpha value is -6.13. The van der Waals surface area contributed by atoms with Crippen LogP contribution in [-0.2, 0) is 6.42 Å². The maximum atomic E-state index is 6.87. The van der Waals surface area contributed by atoms with E-state index in [4.69, 9.17) is 19.4 Å². The van der Waals surface area contributed by atoms with Crippen LogP contribution in [0.4, 0.5) is 0 Å². The minimum absolute atomic E-state index is 0.0625. The summed E-state index contributed by atoms with van der Waals surface area (Å²) in [5.74, 6) is 3.09. The number of hydrogen-bond acceptors (Lipinski definition) is 4. The van der Waals surface area contributed by atoms with Gasteiger partial charge in [0, 0.05) is 33.6 Å². The Morgan fingerprint density at radius 2 is 1.31 bits per heavy atom. The molecule has 5 aromatic carbocycles. The fourth-order valence-electron chi connectivity index (χ4n) is 8.13. The van der Waals surface area contributed by atoms with Crippen LogP contribution in [0, 0.1) is 0 Å². The van der Waals surface area contributed by atoms with E-state index in [-0.39, 0.29) is 5.92 Å². The number of aromatic nitrogens is 3. The zero-order valence-electron chi connectivity index (χ0n) is 28.2. The van der Waals surface area contributed by atoms with Crippen LogP contribution in [0.15, 0.2) is 144 Å². The summed E-state index contributed by atoms with van der Waals surface area (Å²) in [5.41, 5.74) is 11.4. The summed E-state index contributed by atoms with van der Waals surface area (Å²) >= 11 is 0. The first-order valence-electron chi connectivity index (χ1n) is 18.0.